The molecule has 1 aliphatic rings. The number of nitrogens with one attached hydrogen (secondary N) is 1. The highest BCUT2D eigenvalue weighted by Crippen LogP contribution is 2.15. The van der Waals surface area contributed by atoms with E-state index in [0.717, 1.165) is 12.8 Å². The maximum atomic E-state index is 11.9. The smallest absolute Gasteiger partial charge is 0.329 e. The SMILES string of the molecule is CN(C)C1CCCN(C(=O)NCC(F)(F)F)C1. The van der Waals surface area contributed by atoms with Gasteiger partial charge in [0.25, 0.3) is 0 Å². The molecule has 0 aliphatic carbocycles. The Bertz CT molecular complexity index is 268. The van der Waals surface area contributed by atoms with E-state index < -0.39 is 18.8 Å². The standard InChI is InChI=1S/C10H18F3N3O/c1-15(2)8-4-3-5-16(6-8)9(17)14-7-10(11,12)13/h8H,3-7H2,1-2H3,(H,14,17). The van der Waals surface area contributed by atoms with Gasteiger partial charge < -0.3 is 15.1 Å². The van der Waals surface area contributed by atoms with Crippen LogP contribution in [0.3, 0.4) is 0 Å². The second-order valence-corrected chi connectivity index (χ2v) is 4.48. The Balaban J connectivity index is 2.41. The van der Waals surface area contributed by atoms with Crippen LogP contribution in [0, 0.1) is 0 Å². The second-order valence-electron chi connectivity index (χ2n) is 4.48. The monoisotopic (exact) mass is 253 g/mol. The molecule has 0 aromatic heterocycles. The molecule has 1 unspecified atom stereocenters. The minimum atomic E-state index is -4.35. The van der Waals surface area contributed by atoms with Crippen molar-refractivity contribution in [2.45, 2.75) is 25.1 Å². The van der Waals surface area contributed by atoms with Gasteiger partial charge in [0.05, 0.1) is 0 Å². The first kappa shape index (κ1) is 14.1. The van der Waals surface area contributed by atoms with Crippen LogP contribution in [0.15, 0.2) is 0 Å². The molecule has 100 valence electrons. The van der Waals surface area contributed by atoms with Crippen molar-refractivity contribution in [1.29, 1.82) is 0 Å². The summed E-state index contributed by atoms with van der Waals surface area (Å²) >= 11 is 0. The van der Waals surface area contributed by atoms with Crippen molar-refractivity contribution < 1.29 is 18.0 Å². The number of alkyl halides is 3. The number of piperidine rings is 1. The lowest BCUT2D eigenvalue weighted by molar-refractivity contribution is -0.123. The van der Waals surface area contributed by atoms with E-state index >= 15 is 0 Å². The summed E-state index contributed by atoms with van der Waals surface area (Å²) in [4.78, 5) is 14.9. The van der Waals surface area contributed by atoms with E-state index in [4.69, 9.17) is 0 Å². The van der Waals surface area contributed by atoms with Crippen molar-refractivity contribution in [1.82, 2.24) is 15.1 Å². The number of likely N-dealkylation sites (tertiary alicyclic amines) is 1. The minimum Gasteiger partial charge on any atom is -0.329 e. The van der Waals surface area contributed by atoms with Gasteiger partial charge in [-0.05, 0) is 26.9 Å². The van der Waals surface area contributed by atoms with Crippen molar-refractivity contribution in [3.63, 3.8) is 0 Å². The molecule has 1 atom stereocenters. The van der Waals surface area contributed by atoms with Crippen molar-refractivity contribution in [2.75, 3.05) is 33.7 Å². The van der Waals surface area contributed by atoms with E-state index in [1.807, 2.05) is 24.3 Å². The van der Waals surface area contributed by atoms with Gasteiger partial charge in [0.15, 0.2) is 0 Å². The van der Waals surface area contributed by atoms with Crippen LogP contribution in [0.25, 0.3) is 0 Å². The van der Waals surface area contributed by atoms with E-state index in [1.54, 1.807) is 0 Å². The Morgan fingerprint density at radius 2 is 2.12 bits per heavy atom. The average Bonchev–Trinajstić information content (AvgIpc) is 2.25. The van der Waals surface area contributed by atoms with Crippen molar-refractivity contribution in [2.24, 2.45) is 0 Å². The third kappa shape index (κ3) is 4.80. The fourth-order valence-corrected chi connectivity index (χ4v) is 1.85. The summed E-state index contributed by atoms with van der Waals surface area (Å²) in [5, 5.41) is 1.90. The van der Waals surface area contributed by atoms with Gasteiger partial charge >= 0.3 is 12.2 Å². The van der Waals surface area contributed by atoms with Crippen LogP contribution in [0.2, 0.25) is 0 Å². The molecule has 0 radical (unpaired) electrons. The number of carbonyl (C=O) groups is 1. The highest BCUT2D eigenvalue weighted by Gasteiger charge is 2.30. The van der Waals surface area contributed by atoms with Gasteiger partial charge in [-0.2, -0.15) is 13.2 Å². The number of rotatable bonds is 2. The number of likely N-dealkylation sites (N-methyl/N-ethyl adjacent to an activating group) is 1. The Morgan fingerprint density at radius 1 is 1.47 bits per heavy atom. The van der Waals surface area contributed by atoms with Crippen molar-refractivity contribution in [3.05, 3.63) is 0 Å². The fraction of sp³-hybridized carbons (Fsp3) is 0.900. The summed E-state index contributed by atoms with van der Waals surface area (Å²) in [7, 11) is 3.81. The van der Waals surface area contributed by atoms with Crippen LogP contribution in [-0.4, -0.2) is 61.8 Å². The number of hydrogen-bond donors (Lipinski definition) is 1. The average molecular weight is 253 g/mol. The summed E-state index contributed by atoms with van der Waals surface area (Å²) in [5.41, 5.74) is 0. The molecule has 0 bridgehead atoms. The highest BCUT2D eigenvalue weighted by molar-refractivity contribution is 5.74. The topological polar surface area (TPSA) is 35.6 Å². The number of hydrogen-bond acceptors (Lipinski definition) is 2. The highest BCUT2D eigenvalue weighted by atomic mass is 19.4. The molecule has 1 N–H and O–H groups in total. The van der Waals surface area contributed by atoms with Gasteiger partial charge in [0, 0.05) is 19.1 Å². The van der Waals surface area contributed by atoms with Gasteiger partial charge in [-0.1, -0.05) is 0 Å². The Kier molecular flexibility index (Phi) is 4.62. The van der Waals surface area contributed by atoms with Gasteiger partial charge in [0.1, 0.15) is 6.54 Å². The molecule has 1 heterocycles. The van der Waals surface area contributed by atoms with Crippen LogP contribution in [0.4, 0.5) is 18.0 Å². The quantitative estimate of drug-likeness (QED) is 0.804. The third-order valence-corrected chi connectivity index (χ3v) is 2.85. The van der Waals surface area contributed by atoms with Crippen LogP contribution in [0.1, 0.15) is 12.8 Å². The fourth-order valence-electron chi connectivity index (χ4n) is 1.85. The predicted molar refractivity (Wildman–Crippen MR) is 57.7 cm³/mol. The molecule has 1 fully saturated rings. The zero-order chi connectivity index (χ0) is 13.1. The maximum Gasteiger partial charge on any atom is 0.405 e. The number of amides is 2. The van der Waals surface area contributed by atoms with Crippen molar-refractivity contribution >= 4 is 6.03 Å². The van der Waals surface area contributed by atoms with Crippen LogP contribution in [-0.2, 0) is 0 Å². The molecule has 7 heteroatoms. The zero-order valence-electron chi connectivity index (χ0n) is 10.0. The third-order valence-electron chi connectivity index (χ3n) is 2.85. The Morgan fingerprint density at radius 3 is 2.65 bits per heavy atom. The molecule has 0 aromatic rings. The van der Waals surface area contributed by atoms with Gasteiger partial charge in [-0.25, -0.2) is 4.79 Å². The largest absolute Gasteiger partial charge is 0.405 e. The van der Waals surface area contributed by atoms with E-state index in [-0.39, 0.29) is 6.04 Å². The predicted octanol–water partition coefficient (Wildman–Crippen LogP) is 1.28. The first-order valence-corrected chi connectivity index (χ1v) is 5.55. The van der Waals surface area contributed by atoms with E-state index in [1.165, 1.54) is 4.90 Å². The normalized spacial score (nSPS) is 21.8. The first-order chi connectivity index (χ1) is 7.79. The molecule has 2 amide bonds. The van der Waals surface area contributed by atoms with Crippen LogP contribution < -0.4 is 5.32 Å². The molecule has 0 spiro atoms. The minimum absolute atomic E-state index is 0.223. The van der Waals surface area contributed by atoms with Gasteiger partial charge in [-0.15, -0.1) is 0 Å². The molecule has 4 nitrogen and oxygen atoms in total. The molecule has 17 heavy (non-hydrogen) atoms. The molecule has 1 rings (SSSR count). The Hall–Kier alpha value is -0.980. The van der Waals surface area contributed by atoms with Crippen LogP contribution >= 0.6 is 0 Å². The summed E-state index contributed by atoms with van der Waals surface area (Å²) in [6.07, 6.45) is -2.56. The van der Waals surface area contributed by atoms with E-state index in [9.17, 15) is 18.0 Å². The molecule has 0 saturated carbocycles. The van der Waals surface area contributed by atoms with E-state index in [2.05, 4.69) is 0 Å². The number of carbonyl (C=O) groups excluding carboxylic acids is 1. The van der Waals surface area contributed by atoms with Gasteiger partial charge in [0.2, 0.25) is 0 Å². The summed E-state index contributed by atoms with van der Waals surface area (Å²) in [6.45, 7) is -0.264. The van der Waals surface area contributed by atoms with Crippen molar-refractivity contribution in [3.8, 4) is 0 Å². The molecular weight excluding hydrogens is 235 g/mol. The number of nitrogens with zero attached hydrogens (tertiary/aromatic N) is 2. The molecule has 0 aromatic carbocycles. The lowest BCUT2D eigenvalue weighted by Crippen LogP contribution is -2.51. The lowest BCUT2D eigenvalue weighted by atomic mass is 10.1. The summed E-state index contributed by atoms with van der Waals surface area (Å²) in [5.74, 6) is 0. The summed E-state index contributed by atoms with van der Waals surface area (Å²) < 4.78 is 35.8. The molecular formula is C10H18F3N3O. The first-order valence-electron chi connectivity index (χ1n) is 5.55. The molecule has 1 saturated heterocycles. The number of urea groups is 1. The summed E-state index contributed by atoms with van der Waals surface area (Å²) in [6, 6.07) is -0.408. The Labute approximate surface area is 98.7 Å². The van der Waals surface area contributed by atoms with Crippen LogP contribution in [0.5, 0.6) is 0 Å². The van der Waals surface area contributed by atoms with E-state index in [0.29, 0.717) is 13.1 Å². The number of halogens is 3. The molecule has 1 aliphatic heterocycles. The zero-order valence-corrected chi connectivity index (χ0v) is 10.0. The maximum absolute atomic E-state index is 11.9. The second kappa shape index (κ2) is 5.57. The van der Waals surface area contributed by atoms with Gasteiger partial charge in [-0.3, -0.25) is 0 Å². The lowest BCUT2D eigenvalue weighted by Gasteiger charge is -2.36.